The van der Waals surface area contributed by atoms with Crippen molar-refractivity contribution in [2.24, 2.45) is 16.1 Å². The highest BCUT2D eigenvalue weighted by molar-refractivity contribution is 6.22. The van der Waals surface area contributed by atoms with E-state index in [4.69, 9.17) is 10.8 Å². The third-order valence-electron chi connectivity index (χ3n) is 3.29. The van der Waals surface area contributed by atoms with Crippen LogP contribution in [0.3, 0.4) is 0 Å². The maximum Gasteiger partial charge on any atom is 0.328 e. The quantitative estimate of drug-likeness (QED) is 0.660. The molecule has 4 N–H and O–H groups in total. The molecule has 1 aliphatic carbocycles. The van der Waals surface area contributed by atoms with Crippen LogP contribution in [0.2, 0.25) is 0 Å². The third-order valence-corrected chi connectivity index (χ3v) is 3.29. The van der Waals surface area contributed by atoms with Crippen molar-refractivity contribution in [3.05, 3.63) is 11.3 Å². The Morgan fingerprint density at radius 3 is 2.50 bits per heavy atom. The van der Waals surface area contributed by atoms with Crippen molar-refractivity contribution in [1.82, 2.24) is 0 Å². The molecule has 20 heavy (non-hydrogen) atoms. The van der Waals surface area contributed by atoms with Crippen molar-refractivity contribution < 1.29 is 19.8 Å². The second-order valence-corrected chi connectivity index (χ2v) is 5.91. The standard InChI is InChI=1S/C14H22N2O4/c1-8(16-9(4-5-15)13(19)20)12-10(17)6-14(2,3)7-11(12)18/h9,17H,4-7,15H2,1-3H3,(H,19,20)/t9-/m0/s1. The first-order valence-electron chi connectivity index (χ1n) is 6.61. The van der Waals surface area contributed by atoms with Gasteiger partial charge in [0.1, 0.15) is 11.8 Å². The van der Waals surface area contributed by atoms with Gasteiger partial charge in [-0.15, -0.1) is 0 Å². The molecule has 0 radical (unpaired) electrons. The topological polar surface area (TPSA) is 113 Å². The van der Waals surface area contributed by atoms with Gasteiger partial charge in [0, 0.05) is 18.6 Å². The Morgan fingerprint density at radius 2 is 2.05 bits per heavy atom. The van der Waals surface area contributed by atoms with Crippen LogP contribution in [-0.2, 0) is 9.59 Å². The Morgan fingerprint density at radius 1 is 1.45 bits per heavy atom. The SMILES string of the molecule is CC(=N[C@@H](CCN)C(=O)O)C1=C(O)CC(C)(C)CC1=O. The molecule has 1 aliphatic rings. The Balaban J connectivity index is 3.09. The summed E-state index contributed by atoms with van der Waals surface area (Å²) in [6, 6.07) is -0.983. The molecule has 0 aromatic carbocycles. The van der Waals surface area contributed by atoms with E-state index in [-0.39, 0.29) is 41.2 Å². The van der Waals surface area contributed by atoms with E-state index in [0.29, 0.717) is 12.8 Å². The number of ketones is 1. The molecule has 0 aromatic rings. The third kappa shape index (κ3) is 3.90. The molecule has 0 heterocycles. The molecule has 0 fully saturated rings. The molecule has 0 saturated heterocycles. The van der Waals surface area contributed by atoms with Gasteiger partial charge in [0.2, 0.25) is 0 Å². The zero-order valence-corrected chi connectivity index (χ0v) is 12.1. The average molecular weight is 282 g/mol. The lowest BCUT2D eigenvalue weighted by Crippen LogP contribution is -2.30. The number of allylic oxidation sites excluding steroid dienone is 2. The van der Waals surface area contributed by atoms with Crippen LogP contribution < -0.4 is 5.73 Å². The number of hydrogen-bond acceptors (Lipinski definition) is 5. The minimum Gasteiger partial charge on any atom is -0.511 e. The van der Waals surface area contributed by atoms with Gasteiger partial charge in [-0.25, -0.2) is 4.79 Å². The molecule has 0 amide bonds. The molecule has 6 nitrogen and oxygen atoms in total. The second kappa shape index (κ2) is 6.17. The zero-order chi connectivity index (χ0) is 15.5. The fourth-order valence-corrected chi connectivity index (χ4v) is 2.40. The van der Waals surface area contributed by atoms with Gasteiger partial charge in [-0.2, -0.15) is 0 Å². The molecule has 0 aromatic heterocycles. The van der Waals surface area contributed by atoms with Crippen molar-refractivity contribution in [3.8, 4) is 0 Å². The molecule has 0 spiro atoms. The second-order valence-electron chi connectivity index (χ2n) is 5.91. The van der Waals surface area contributed by atoms with Gasteiger partial charge in [-0.3, -0.25) is 9.79 Å². The van der Waals surface area contributed by atoms with Crippen molar-refractivity contribution in [2.45, 2.75) is 46.1 Å². The highest BCUT2D eigenvalue weighted by Gasteiger charge is 2.34. The lowest BCUT2D eigenvalue weighted by atomic mass is 9.76. The zero-order valence-electron chi connectivity index (χ0n) is 12.1. The molecule has 0 unspecified atom stereocenters. The van der Waals surface area contributed by atoms with Crippen molar-refractivity contribution in [3.63, 3.8) is 0 Å². The number of aliphatic carboxylic acids is 1. The molecule has 6 heteroatoms. The van der Waals surface area contributed by atoms with Crippen LogP contribution in [0.5, 0.6) is 0 Å². The first-order valence-corrected chi connectivity index (χ1v) is 6.61. The Bertz CT molecular complexity index is 478. The number of carbonyl (C=O) groups excluding carboxylic acids is 1. The summed E-state index contributed by atoms with van der Waals surface area (Å²) in [4.78, 5) is 27.2. The minimum absolute atomic E-state index is 0.00983. The van der Waals surface area contributed by atoms with Gasteiger partial charge < -0.3 is 15.9 Å². The molecular formula is C14H22N2O4. The number of Topliss-reactive ketones (excluding diaryl/α,β-unsaturated/α-hetero) is 1. The van der Waals surface area contributed by atoms with Gasteiger partial charge in [-0.1, -0.05) is 13.8 Å². The number of nitrogens with two attached hydrogens (primary N) is 1. The van der Waals surface area contributed by atoms with E-state index in [9.17, 15) is 14.7 Å². The fourth-order valence-electron chi connectivity index (χ4n) is 2.40. The average Bonchev–Trinajstić information content (AvgIpc) is 2.25. The number of aliphatic imine (C=N–C) groups is 1. The van der Waals surface area contributed by atoms with Crippen LogP contribution in [-0.4, -0.2) is 40.3 Å². The number of carboxylic acid groups (broad SMARTS) is 1. The van der Waals surface area contributed by atoms with Gasteiger partial charge in [-0.05, 0) is 25.3 Å². The monoisotopic (exact) mass is 282 g/mol. The normalized spacial score (nSPS) is 21.0. The van der Waals surface area contributed by atoms with Crippen LogP contribution in [0.1, 0.15) is 40.0 Å². The van der Waals surface area contributed by atoms with E-state index in [1.807, 2.05) is 13.8 Å². The van der Waals surface area contributed by atoms with Gasteiger partial charge >= 0.3 is 5.97 Å². The summed E-state index contributed by atoms with van der Waals surface area (Å²) in [7, 11) is 0. The number of aliphatic hydroxyl groups is 1. The van der Waals surface area contributed by atoms with E-state index >= 15 is 0 Å². The maximum absolute atomic E-state index is 12.1. The highest BCUT2D eigenvalue weighted by atomic mass is 16.4. The molecule has 1 atom stereocenters. The van der Waals surface area contributed by atoms with Crippen LogP contribution in [0.4, 0.5) is 0 Å². The first-order chi connectivity index (χ1) is 9.18. The summed E-state index contributed by atoms with van der Waals surface area (Å²) in [5.41, 5.74) is 5.49. The number of carbonyl (C=O) groups is 2. The lowest BCUT2D eigenvalue weighted by Gasteiger charge is -2.29. The van der Waals surface area contributed by atoms with E-state index in [1.54, 1.807) is 6.92 Å². The van der Waals surface area contributed by atoms with E-state index in [1.165, 1.54) is 0 Å². The Kier molecular flexibility index (Phi) is 5.05. The summed E-state index contributed by atoms with van der Waals surface area (Å²) in [6.45, 7) is 5.55. The van der Waals surface area contributed by atoms with Crippen LogP contribution in [0, 0.1) is 5.41 Å². The van der Waals surface area contributed by atoms with Crippen LogP contribution in [0.25, 0.3) is 0 Å². The predicted octanol–water partition coefficient (Wildman–Crippen LogP) is 1.45. The van der Waals surface area contributed by atoms with E-state index in [2.05, 4.69) is 4.99 Å². The summed E-state index contributed by atoms with van der Waals surface area (Å²) in [5.74, 6) is -1.29. The summed E-state index contributed by atoms with van der Waals surface area (Å²) in [6.07, 6.45) is 0.893. The Hall–Kier alpha value is -1.69. The molecule has 112 valence electrons. The molecular weight excluding hydrogens is 260 g/mol. The van der Waals surface area contributed by atoms with Gasteiger partial charge in [0.15, 0.2) is 5.78 Å². The van der Waals surface area contributed by atoms with Gasteiger partial charge in [0.05, 0.1) is 5.57 Å². The molecule has 0 saturated carbocycles. The smallest absolute Gasteiger partial charge is 0.328 e. The molecule has 0 bridgehead atoms. The van der Waals surface area contributed by atoms with E-state index < -0.39 is 12.0 Å². The summed E-state index contributed by atoms with van der Waals surface area (Å²) >= 11 is 0. The molecule has 1 rings (SSSR count). The van der Waals surface area contributed by atoms with Crippen LogP contribution in [0.15, 0.2) is 16.3 Å². The number of rotatable bonds is 5. The van der Waals surface area contributed by atoms with Crippen molar-refractivity contribution in [2.75, 3.05) is 6.54 Å². The van der Waals surface area contributed by atoms with Crippen LogP contribution >= 0.6 is 0 Å². The minimum atomic E-state index is -1.08. The predicted molar refractivity (Wildman–Crippen MR) is 75.9 cm³/mol. The van der Waals surface area contributed by atoms with Crippen molar-refractivity contribution >= 4 is 17.5 Å². The Labute approximate surface area is 118 Å². The lowest BCUT2D eigenvalue weighted by molar-refractivity contribution is -0.138. The number of carboxylic acids is 1. The summed E-state index contributed by atoms with van der Waals surface area (Å²) < 4.78 is 0. The van der Waals surface area contributed by atoms with Crippen molar-refractivity contribution in [1.29, 1.82) is 0 Å². The van der Waals surface area contributed by atoms with Gasteiger partial charge in [0.25, 0.3) is 0 Å². The molecule has 0 aliphatic heterocycles. The van der Waals surface area contributed by atoms with E-state index in [0.717, 1.165) is 0 Å². The fraction of sp³-hybridized carbons (Fsp3) is 0.643. The summed E-state index contributed by atoms with van der Waals surface area (Å²) in [5, 5.41) is 19.1. The number of aliphatic hydroxyl groups excluding tert-OH is 1. The largest absolute Gasteiger partial charge is 0.511 e. The number of nitrogens with zero attached hydrogens (tertiary/aromatic N) is 1. The first kappa shape index (κ1) is 16.4. The number of hydrogen-bond donors (Lipinski definition) is 3. The highest BCUT2D eigenvalue weighted by Crippen LogP contribution is 2.36. The maximum atomic E-state index is 12.1.